The smallest absolute Gasteiger partial charge is 0.165 e. The minimum absolute atomic E-state index is 0.0182. The Labute approximate surface area is 109 Å². The number of hydrogen-bond donors (Lipinski definition) is 0. The minimum atomic E-state index is -0.919. The van der Waals surface area contributed by atoms with Crippen LogP contribution in [0.25, 0.3) is 0 Å². The third-order valence-corrected chi connectivity index (χ3v) is 2.46. The molecule has 0 spiro atoms. The molecule has 0 bridgehead atoms. The largest absolute Gasteiger partial charge is 0.454 e. The first kappa shape index (κ1) is 13.2. The molecular weight excluding hydrogens is 253 g/mol. The van der Waals surface area contributed by atoms with Crippen LogP contribution in [0.1, 0.15) is 5.56 Å². The van der Waals surface area contributed by atoms with Crippen molar-refractivity contribution in [3.8, 4) is 11.5 Å². The summed E-state index contributed by atoms with van der Waals surface area (Å²) in [5, 5.41) is 0. The molecule has 2 rings (SSSR count). The van der Waals surface area contributed by atoms with E-state index >= 15 is 0 Å². The summed E-state index contributed by atoms with van der Waals surface area (Å²) < 4.78 is 43.7. The van der Waals surface area contributed by atoms with Crippen LogP contribution in [0.3, 0.4) is 0 Å². The van der Waals surface area contributed by atoms with Crippen LogP contribution < -0.4 is 4.74 Å². The zero-order valence-corrected chi connectivity index (χ0v) is 9.95. The van der Waals surface area contributed by atoms with Crippen molar-refractivity contribution in [3.63, 3.8) is 0 Å². The van der Waals surface area contributed by atoms with Crippen LogP contribution in [0.4, 0.5) is 13.2 Å². The first-order valence-corrected chi connectivity index (χ1v) is 5.65. The normalized spacial score (nSPS) is 11.4. The lowest BCUT2D eigenvalue weighted by Gasteiger charge is -2.08. The van der Waals surface area contributed by atoms with Gasteiger partial charge in [-0.25, -0.2) is 13.2 Å². The predicted octanol–water partition coefficient (Wildman–Crippen LogP) is 4.94. The second-order valence-corrected chi connectivity index (χ2v) is 3.91. The lowest BCUT2D eigenvalue weighted by atomic mass is 10.1. The first-order valence-electron chi connectivity index (χ1n) is 5.65. The van der Waals surface area contributed by atoms with E-state index in [-0.39, 0.29) is 18.5 Å². The number of rotatable bonds is 4. The summed E-state index contributed by atoms with van der Waals surface area (Å²) in [5.74, 6) is -1.02. The van der Waals surface area contributed by atoms with Crippen molar-refractivity contribution in [1.82, 2.24) is 0 Å². The third kappa shape index (κ3) is 3.61. The highest BCUT2D eigenvalue weighted by atomic mass is 19.2. The molecule has 0 atom stereocenters. The topological polar surface area (TPSA) is 9.23 Å². The van der Waals surface area contributed by atoms with Gasteiger partial charge in [-0.05, 0) is 29.8 Å². The molecule has 19 heavy (non-hydrogen) atoms. The summed E-state index contributed by atoms with van der Waals surface area (Å²) in [7, 11) is 0. The number of halogens is 3. The molecule has 0 radical (unpaired) electrons. The molecule has 2 aromatic carbocycles. The molecule has 0 heterocycles. The van der Waals surface area contributed by atoms with Gasteiger partial charge in [-0.3, -0.25) is 0 Å². The molecule has 0 amide bonds. The molecule has 98 valence electrons. The van der Waals surface area contributed by atoms with Crippen molar-refractivity contribution in [2.45, 2.75) is 6.42 Å². The molecule has 0 aromatic heterocycles. The average Bonchev–Trinajstić information content (AvgIpc) is 2.43. The zero-order valence-electron chi connectivity index (χ0n) is 9.95. The Kier molecular flexibility index (Phi) is 4.23. The van der Waals surface area contributed by atoms with Crippen LogP contribution in [0.5, 0.6) is 11.5 Å². The van der Waals surface area contributed by atoms with E-state index < -0.39 is 11.6 Å². The van der Waals surface area contributed by atoms with Crippen LogP contribution in [-0.2, 0) is 6.42 Å². The van der Waals surface area contributed by atoms with Crippen molar-refractivity contribution in [2.24, 2.45) is 0 Å². The molecule has 0 saturated heterocycles. The number of hydrogen-bond acceptors (Lipinski definition) is 1. The Balaban J connectivity index is 2.22. The number of benzene rings is 2. The molecule has 0 aliphatic carbocycles. The van der Waals surface area contributed by atoms with E-state index in [0.29, 0.717) is 11.3 Å². The predicted molar refractivity (Wildman–Crippen MR) is 66.9 cm³/mol. The molecule has 0 fully saturated rings. The van der Waals surface area contributed by atoms with Crippen LogP contribution in [0, 0.1) is 5.82 Å². The van der Waals surface area contributed by atoms with Gasteiger partial charge in [-0.2, -0.15) is 0 Å². The summed E-state index contributed by atoms with van der Waals surface area (Å²) in [4.78, 5) is 0. The summed E-state index contributed by atoms with van der Waals surface area (Å²) in [6, 6.07) is 12.6. The van der Waals surface area contributed by atoms with Gasteiger partial charge in [-0.1, -0.05) is 24.3 Å². The summed E-state index contributed by atoms with van der Waals surface area (Å²) in [6.07, 6.45) is -0.344. The number of ether oxygens (including phenoxy) is 1. The van der Waals surface area contributed by atoms with Crippen LogP contribution in [0.2, 0.25) is 0 Å². The van der Waals surface area contributed by atoms with E-state index in [1.165, 1.54) is 18.2 Å². The van der Waals surface area contributed by atoms with Crippen LogP contribution >= 0.6 is 0 Å². The van der Waals surface area contributed by atoms with Gasteiger partial charge in [0.05, 0.1) is 0 Å². The average molecular weight is 264 g/mol. The SMILES string of the molecule is FC=C(F)Cc1ccc(F)c(Oc2ccccc2)c1. The summed E-state index contributed by atoms with van der Waals surface area (Å²) >= 11 is 0. The van der Waals surface area contributed by atoms with E-state index in [1.807, 2.05) is 0 Å². The molecule has 0 aliphatic heterocycles. The second kappa shape index (κ2) is 6.09. The second-order valence-electron chi connectivity index (χ2n) is 3.91. The standard InChI is InChI=1S/C15H11F3O/c16-10-12(17)8-11-6-7-14(18)15(9-11)19-13-4-2-1-3-5-13/h1-7,9-10H,8H2. The molecule has 0 N–H and O–H groups in total. The summed E-state index contributed by atoms with van der Waals surface area (Å²) in [6.45, 7) is 0. The van der Waals surface area contributed by atoms with Crippen molar-refractivity contribution < 1.29 is 17.9 Å². The van der Waals surface area contributed by atoms with Gasteiger partial charge in [0.25, 0.3) is 0 Å². The minimum Gasteiger partial charge on any atom is -0.454 e. The van der Waals surface area contributed by atoms with Gasteiger partial charge in [0, 0.05) is 6.42 Å². The van der Waals surface area contributed by atoms with E-state index in [2.05, 4.69) is 0 Å². The Morgan fingerprint density at radius 2 is 1.84 bits per heavy atom. The molecule has 0 unspecified atom stereocenters. The molecule has 0 aliphatic rings. The highest BCUT2D eigenvalue weighted by Crippen LogP contribution is 2.26. The lowest BCUT2D eigenvalue weighted by Crippen LogP contribution is -1.92. The number of para-hydroxylation sites is 1. The Morgan fingerprint density at radius 3 is 2.53 bits per heavy atom. The maximum absolute atomic E-state index is 13.6. The fourth-order valence-corrected chi connectivity index (χ4v) is 1.59. The van der Waals surface area contributed by atoms with E-state index in [4.69, 9.17) is 4.74 Å². The van der Waals surface area contributed by atoms with Crippen LogP contribution in [0.15, 0.2) is 60.7 Å². The summed E-state index contributed by atoms with van der Waals surface area (Å²) in [5.41, 5.74) is 0.429. The molecular formula is C15H11F3O. The fraction of sp³-hybridized carbons (Fsp3) is 0.0667. The Morgan fingerprint density at radius 1 is 1.11 bits per heavy atom. The lowest BCUT2D eigenvalue weighted by molar-refractivity contribution is 0.441. The molecule has 2 aromatic rings. The Bertz CT molecular complexity index is 579. The zero-order chi connectivity index (χ0) is 13.7. The Hall–Kier alpha value is -2.23. The highest BCUT2D eigenvalue weighted by Gasteiger charge is 2.07. The van der Waals surface area contributed by atoms with Crippen molar-refractivity contribution in [3.05, 3.63) is 72.1 Å². The van der Waals surface area contributed by atoms with Gasteiger partial charge in [-0.15, -0.1) is 0 Å². The van der Waals surface area contributed by atoms with E-state index in [1.54, 1.807) is 30.3 Å². The fourth-order valence-electron chi connectivity index (χ4n) is 1.59. The molecule has 4 heteroatoms. The maximum atomic E-state index is 13.6. The highest BCUT2D eigenvalue weighted by molar-refractivity contribution is 5.36. The monoisotopic (exact) mass is 264 g/mol. The van der Waals surface area contributed by atoms with Gasteiger partial charge < -0.3 is 4.74 Å². The third-order valence-electron chi connectivity index (χ3n) is 2.46. The van der Waals surface area contributed by atoms with E-state index in [0.717, 1.165) is 0 Å². The van der Waals surface area contributed by atoms with Gasteiger partial charge in [0.15, 0.2) is 11.6 Å². The van der Waals surface area contributed by atoms with Gasteiger partial charge >= 0.3 is 0 Å². The van der Waals surface area contributed by atoms with Crippen molar-refractivity contribution >= 4 is 0 Å². The van der Waals surface area contributed by atoms with Crippen LogP contribution in [-0.4, -0.2) is 0 Å². The van der Waals surface area contributed by atoms with Crippen molar-refractivity contribution in [2.75, 3.05) is 0 Å². The quantitative estimate of drug-likeness (QED) is 0.759. The van der Waals surface area contributed by atoms with Gasteiger partial charge in [0.2, 0.25) is 0 Å². The molecule has 0 saturated carbocycles. The van der Waals surface area contributed by atoms with E-state index in [9.17, 15) is 13.2 Å². The van der Waals surface area contributed by atoms with Crippen molar-refractivity contribution in [1.29, 1.82) is 0 Å². The first-order chi connectivity index (χ1) is 9.19. The maximum Gasteiger partial charge on any atom is 0.165 e. The number of allylic oxidation sites excluding steroid dienone is 1. The van der Waals surface area contributed by atoms with Gasteiger partial charge in [0.1, 0.15) is 17.9 Å². The molecule has 1 nitrogen and oxygen atoms in total.